The summed E-state index contributed by atoms with van der Waals surface area (Å²) in [6.45, 7) is 3.73. The molecule has 1 rings (SSSR count). The third-order valence-electron chi connectivity index (χ3n) is 3.14. The molecule has 22 heavy (non-hydrogen) atoms. The highest BCUT2D eigenvalue weighted by molar-refractivity contribution is 5.91. The van der Waals surface area contributed by atoms with Crippen molar-refractivity contribution < 1.29 is 14.5 Å². The molecule has 0 saturated carbocycles. The molecule has 0 aromatic heterocycles. The number of aryl methyl sites for hydroxylation is 1. The Balaban J connectivity index is 2.35. The fourth-order valence-electron chi connectivity index (χ4n) is 1.96. The molecule has 0 unspecified atom stereocenters. The predicted molar refractivity (Wildman–Crippen MR) is 83.6 cm³/mol. The third-order valence-corrected chi connectivity index (χ3v) is 3.14. The number of anilines is 1. The van der Waals surface area contributed by atoms with E-state index in [9.17, 15) is 19.7 Å². The van der Waals surface area contributed by atoms with Gasteiger partial charge in [0.05, 0.1) is 4.92 Å². The molecule has 0 saturated heterocycles. The van der Waals surface area contributed by atoms with Gasteiger partial charge >= 0.3 is 0 Å². The van der Waals surface area contributed by atoms with Crippen LogP contribution in [0.1, 0.15) is 38.2 Å². The standard InChI is InChI=1S/C15H21N3O4/c1-11-7-8-13(10-14(11)18(21)22)17-15(20)6-4-3-5-9-16-12(2)19/h7-8,10H,3-6,9H2,1-2H3,(H,16,19)(H,17,20). The van der Waals surface area contributed by atoms with Crippen molar-refractivity contribution in [2.75, 3.05) is 11.9 Å². The minimum Gasteiger partial charge on any atom is -0.356 e. The van der Waals surface area contributed by atoms with Crippen LogP contribution < -0.4 is 10.6 Å². The van der Waals surface area contributed by atoms with Gasteiger partial charge in [-0.05, 0) is 25.8 Å². The van der Waals surface area contributed by atoms with Crippen LogP contribution >= 0.6 is 0 Å². The van der Waals surface area contributed by atoms with E-state index in [1.807, 2.05) is 0 Å². The van der Waals surface area contributed by atoms with Gasteiger partial charge in [0.15, 0.2) is 0 Å². The van der Waals surface area contributed by atoms with E-state index in [1.54, 1.807) is 19.1 Å². The van der Waals surface area contributed by atoms with Gasteiger partial charge in [-0.15, -0.1) is 0 Å². The van der Waals surface area contributed by atoms with E-state index in [4.69, 9.17) is 0 Å². The molecule has 0 atom stereocenters. The highest BCUT2D eigenvalue weighted by Crippen LogP contribution is 2.22. The quantitative estimate of drug-likeness (QED) is 0.437. The molecule has 7 nitrogen and oxygen atoms in total. The summed E-state index contributed by atoms with van der Waals surface area (Å²) in [5.74, 6) is -0.226. The van der Waals surface area contributed by atoms with Crippen molar-refractivity contribution >= 4 is 23.2 Å². The minimum atomic E-state index is -0.465. The van der Waals surface area contributed by atoms with E-state index in [-0.39, 0.29) is 17.5 Å². The van der Waals surface area contributed by atoms with E-state index in [0.29, 0.717) is 30.6 Å². The Labute approximate surface area is 129 Å². The molecule has 7 heteroatoms. The number of carbonyl (C=O) groups excluding carboxylic acids is 2. The Bertz CT molecular complexity index is 558. The molecule has 0 fully saturated rings. The number of carbonyl (C=O) groups is 2. The summed E-state index contributed by atoms with van der Waals surface area (Å²) in [7, 11) is 0. The van der Waals surface area contributed by atoms with Crippen LogP contribution in [0.2, 0.25) is 0 Å². The van der Waals surface area contributed by atoms with Gasteiger partial charge in [0, 0.05) is 37.2 Å². The zero-order valence-corrected chi connectivity index (χ0v) is 12.8. The first-order valence-corrected chi connectivity index (χ1v) is 7.19. The van der Waals surface area contributed by atoms with Crippen LogP contribution in [0, 0.1) is 17.0 Å². The fourth-order valence-corrected chi connectivity index (χ4v) is 1.96. The molecule has 0 bridgehead atoms. The van der Waals surface area contributed by atoms with Crippen LogP contribution in [-0.4, -0.2) is 23.3 Å². The zero-order valence-electron chi connectivity index (χ0n) is 12.8. The van der Waals surface area contributed by atoms with Gasteiger partial charge < -0.3 is 10.6 Å². The number of unbranched alkanes of at least 4 members (excludes halogenated alkanes) is 2. The fraction of sp³-hybridized carbons (Fsp3) is 0.467. The summed E-state index contributed by atoms with van der Waals surface area (Å²) in [6.07, 6.45) is 2.71. The number of hydrogen-bond acceptors (Lipinski definition) is 4. The van der Waals surface area contributed by atoms with Crippen molar-refractivity contribution in [2.45, 2.75) is 39.5 Å². The van der Waals surface area contributed by atoms with E-state index >= 15 is 0 Å². The highest BCUT2D eigenvalue weighted by atomic mass is 16.6. The van der Waals surface area contributed by atoms with Crippen molar-refractivity contribution in [3.05, 3.63) is 33.9 Å². The summed E-state index contributed by atoms with van der Waals surface area (Å²) in [5.41, 5.74) is 0.981. The monoisotopic (exact) mass is 307 g/mol. The minimum absolute atomic E-state index is 0.00638. The number of hydrogen-bond donors (Lipinski definition) is 2. The predicted octanol–water partition coefficient (Wildman–Crippen LogP) is 2.54. The second kappa shape index (κ2) is 8.76. The lowest BCUT2D eigenvalue weighted by atomic mass is 10.1. The Morgan fingerprint density at radius 2 is 1.95 bits per heavy atom. The van der Waals surface area contributed by atoms with Crippen molar-refractivity contribution in [1.29, 1.82) is 0 Å². The van der Waals surface area contributed by atoms with Crippen molar-refractivity contribution in [3.8, 4) is 0 Å². The molecule has 2 N–H and O–H groups in total. The topological polar surface area (TPSA) is 101 Å². The van der Waals surface area contributed by atoms with Crippen LogP contribution in [0.3, 0.4) is 0 Å². The lowest BCUT2D eigenvalue weighted by Crippen LogP contribution is -2.20. The molecular formula is C15H21N3O4. The van der Waals surface area contributed by atoms with E-state index < -0.39 is 4.92 Å². The van der Waals surface area contributed by atoms with E-state index in [2.05, 4.69) is 10.6 Å². The van der Waals surface area contributed by atoms with E-state index in [0.717, 1.165) is 12.8 Å². The molecule has 0 aliphatic carbocycles. The average molecular weight is 307 g/mol. The summed E-state index contributed by atoms with van der Waals surface area (Å²) >= 11 is 0. The second-order valence-electron chi connectivity index (χ2n) is 5.10. The largest absolute Gasteiger partial charge is 0.356 e. The highest BCUT2D eigenvalue weighted by Gasteiger charge is 2.12. The Hall–Kier alpha value is -2.44. The first kappa shape index (κ1) is 17.6. The molecule has 1 aromatic carbocycles. The number of benzene rings is 1. The SMILES string of the molecule is CC(=O)NCCCCCC(=O)Nc1ccc(C)c([N+](=O)[O-])c1. The molecule has 1 aromatic rings. The molecule has 0 heterocycles. The van der Waals surface area contributed by atoms with Crippen LogP contribution in [0.4, 0.5) is 11.4 Å². The van der Waals surface area contributed by atoms with Gasteiger partial charge in [-0.3, -0.25) is 19.7 Å². The summed E-state index contributed by atoms with van der Waals surface area (Å²) in [5, 5.41) is 16.2. The van der Waals surface area contributed by atoms with Crippen molar-refractivity contribution in [3.63, 3.8) is 0 Å². The molecule has 0 aliphatic rings. The van der Waals surface area contributed by atoms with Gasteiger partial charge in [0.25, 0.3) is 5.69 Å². The number of nitrogens with one attached hydrogen (secondary N) is 2. The first-order chi connectivity index (χ1) is 10.4. The average Bonchev–Trinajstić information content (AvgIpc) is 2.44. The maximum absolute atomic E-state index is 11.8. The second-order valence-corrected chi connectivity index (χ2v) is 5.10. The normalized spacial score (nSPS) is 10.1. The van der Waals surface area contributed by atoms with Crippen LogP contribution in [0.25, 0.3) is 0 Å². The molecule has 0 radical (unpaired) electrons. The molecule has 0 spiro atoms. The number of nitro benzene ring substituents is 1. The zero-order chi connectivity index (χ0) is 16.5. The number of nitrogens with zero attached hydrogens (tertiary/aromatic N) is 1. The van der Waals surface area contributed by atoms with Crippen molar-refractivity contribution in [1.82, 2.24) is 5.32 Å². The van der Waals surface area contributed by atoms with Gasteiger partial charge in [-0.1, -0.05) is 12.5 Å². The van der Waals surface area contributed by atoms with Crippen LogP contribution in [0.5, 0.6) is 0 Å². The summed E-state index contributed by atoms with van der Waals surface area (Å²) < 4.78 is 0. The maximum atomic E-state index is 11.8. The lowest BCUT2D eigenvalue weighted by molar-refractivity contribution is -0.385. The van der Waals surface area contributed by atoms with Gasteiger partial charge in [0.2, 0.25) is 11.8 Å². The number of rotatable bonds is 8. The maximum Gasteiger partial charge on any atom is 0.274 e. The van der Waals surface area contributed by atoms with E-state index in [1.165, 1.54) is 13.0 Å². The summed E-state index contributed by atoms with van der Waals surface area (Å²) in [6, 6.07) is 4.63. The van der Waals surface area contributed by atoms with Gasteiger partial charge in [-0.25, -0.2) is 0 Å². The Morgan fingerprint density at radius 3 is 2.59 bits per heavy atom. The van der Waals surface area contributed by atoms with Crippen LogP contribution in [0.15, 0.2) is 18.2 Å². The van der Waals surface area contributed by atoms with Crippen molar-refractivity contribution in [2.24, 2.45) is 0 Å². The van der Waals surface area contributed by atoms with Crippen LogP contribution in [-0.2, 0) is 9.59 Å². The summed E-state index contributed by atoms with van der Waals surface area (Å²) in [4.78, 5) is 32.8. The first-order valence-electron chi connectivity index (χ1n) is 7.19. The van der Waals surface area contributed by atoms with Gasteiger partial charge in [-0.2, -0.15) is 0 Å². The Morgan fingerprint density at radius 1 is 1.23 bits per heavy atom. The molecule has 0 aliphatic heterocycles. The molecular weight excluding hydrogens is 286 g/mol. The lowest BCUT2D eigenvalue weighted by Gasteiger charge is -2.06. The van der Waals surface area contributed by atoms with Gasteiger partial charge in [0.1, 0.15) is 0 Å². The number of amides is 2. The third kappa shape index (κ3) is 6.34. The Kier molecular flexibility index (Phi) is 7.01. The molecule has 120 valence electrons. The smallest absolute Gasteiger partial charge is 0.274 e. The molecule has 2 amide bonds. The number of nitro groups is 1.